The molecular weight excluding hydrogens is 252 g/mol. The molecular formula is C12H20N2OS2. The lowest BCUT2D eigenvalue weighted by atomic mass is 10.2. The lowest BCUT2D eigenvalue weighted by Crippen LogP contribution is -2.34. The van der Waals surface area contributed by atoms with Gasteiger partial charge in [-0.3, -0.25) is 4.79 Å². The van der Waals surface area contributed by atoms with Crippen LogP contribution in [-0.4, -0.2) is 40.0 Å². The van der Waals surface area contributed by atoms with E-state index in [1.54, 1.807) is 0 Å². The summed E-state index contributed by atoms with van der Waals surface area (Å²) in [5.41, 5.74) is 0. The average molecular weight is 272 g/mol. The molecule has 3 nitrogen and oxygen atoms in total. The molecule has 2 fully saturated rings. The highest BCUT2D eigenvalue weighted by Crippen LogP contribution is 2.19. The standard InChI is InChI=1S/C12H20N2OS2/c15-11(13-10-5-1-2-6-10)9-17-12(16)14-7-3-4-8-14/h10H,1-9H2,(H,13,15). The second-order valence-electron chi connectivity index (χ2n) is 4.80. The lowest BCUT2D eigenvalue weighted by molar-refractivity contribution is -0.119. The number of nitrogens with zero attached hydrogens (tertiary/aromatic N) is 1. The summed E-state index contributed by atoms with van der Waals surface area (Å²) in [5, 5.41) is 3.09. The predicted octanol–water partition coefficient (Wildman–Crippen LogP) is 2.16. The molecule has 1 saturated heterocycles. The molecule has 1 saturated carbocycles. The van der Waals surface area contributed by atoms with E-state index in [-0.39, 0.29) is 5.91 Å². The number of hydrogen-bond donors (Lipinski definition) is 1. The Morgan fingerprint density at radius 3 is 2.53 bits per heavy atom. The van der Waals surface area contributed by atoms with Gasteiger partial charge in [0.15, 0.2) is 0 Å². The molecule has 1 aliphatic carbocycles. The summed E-state index contributed by atoms with van der Waals surface area (Å²) in [7, 11) is 0. The molecule has 0 atom stereocenters. The zero-order valence-electron chi connectivity index (χ0n) is 10.1. The van der Waals surface area contributed by atoms with Crippen molar-refractivity contribution in [2.75, 3.05) is 18.8 Å². The Balaban J connectivity index is 1.63. The molecule has 1 heterocycles. The van der Waals surface area contributed by atoms with E-state index in [1.807, 2.05) is 0 Å². The van der Waals surface area contributed by atoms with Gasteiger partial charge < -0.3 is 10.2 Å². The van der Waals surface area contributed by atoms with E-state index in [9.17, 15) is 4.79 Å². The van der Waals surface area contributed by atoms with Gasteiger partial charge in [-0.15, -0.1) is 0 Å². The van der Waals surface area contributed by atoms with Crippen molar-refractivity contribution >= 4 is 34.2 Å². The van der Waals surface area contributed by atoms with Crippen molar-refractivity contribution in [3.63, 3.8) is 0 Å². The van der Waals surface area contributed by atoms with E-state index in [0.29, 0.717) is 11.8 Å². The third-order valence-corrected chi connectivity index (χ3v) is 4.93. The number of carbonyl (C=O) groups excluding carboxylic acids is 1. The Morgan fingerprint density at radius 1 is 1.24 bits per heavy atom. The molecule has 0 aromatic rings. The average Bonchev–Trinajstić information content (AvgIpc) is 2.97. The lowest BCUT2D eigenvalue weighted by Gasteiger charge is -2.18. The first-order valence-corrected chi connectivity index (χ1v) is 7.86. The summed E-state index contributed by atoms with van der Waals surface area (Å²) < 4.78 is 0.893. The number of thiocarbonyl (C=S) groups is 1. The predicted molar refractivity (Wildman–Crippen MR) is 76.3 cm³/mol. The first-order valence-electron chi connectivity index (χ1n) is 6.47. The number of nitrogens with one attached hydrogen (secondary N) is 1. The second kappa shape index (κ2) is 6.59. The van der Waals surface area contributed by atoms with Crippen molar-refractivity contribution in [2.24, 2.45) is 0 Å². The van der Waals surface area contributed by atoms with Crippen LogP contribution in [0.15, 0.2) is 0 Å². The van der Waals surface area contributed by atoms with Gasteiger partial charge in [0.2, 0.25) is 5.91 Å². The number of rotatable bonds is 3. The van der Waals surface area contributed by atoms with Gasteiger partial charge in [0, 0.05) is 19.1 Å². The normalized spacial score (nSPS) is 20.8. The molecule has 1 aliphatic heterocycles. The number of thioether (sulfide) groups is 1. The van der Waals surface area contributed by atoms with Gasteiger partial charge in [0.05, 0.1) is 5.75 Å². The van der Waals surface area contributed by atoms with Crippen LogP contribution >= 0.6 is 24.0 Å². The Labute approximate surface area is 113 Å². The summed E-state index contributed by atoms with van der Waals surface area (Å²) in [6, 6.07) is 0.420. The van der Waals surface area contributed by atoms with Crippen molar-refractivity contribution in [3.05, 3.63) is 0 Å². The highest BCUT2D eigenvalue weighted by atomic mass is 32.2. The number of hydrogen-bond acceptors (Lipinski definition) is 3. The molecule has 2 aliphatic rings. The molecule has 1 N–H and O–H groups in total. The van der Waals surface area contributed by atoms with Gasteiger partial charge in [-0.25, -0.2) is 0 Å². The van der Waals surface area contributed by atoms with Gasteiger partial charge in [-0.05, 0) is 25.7 Å². The first kappa shape index (κ1) is 13.1. The minimum absolute atomic E-state index is 0.142. The van der Waals surface area contributed by atoms with E-state index < -0.39 is 0 Å². The summed E-state index contributed by atoms with van der Waals surface area (Å²) in [5.74, 6) is 0.620. The molecule has 0 spiro atoms. The second-order valence-corrected chi connectivity index (χ2v) is 6.41. The maximum absolute atomic E-state index is 11.7. The summed E-state index contributed by atoms with van der Waals surface area (Å²) in [6.45, 7) is 2.13. The molecule has 0 bridgehead atoms. The zero-order valence-corrected chi connectivity index (χ0v) is 11.7. The smallest absolute Gasteiger partial charge is 0.230 e. The Kier molecular flexibility index (Phi) is 5.10. The SMILES string of the molecule is O=C(CSC(=S)N1CCCC1)NC1CCCC1. The Morgan fingerprint density at radius 2 is 1.88 bits per heavy atom. The molecule has 0 unspecified atom stereocenters. The van der Waals surface area contributed by atoms with Crippen molar-refractivity contribution < 1.29 is 4.79 Å². The molecule has 2 rings (SSSR count). The van der Waals surface area contributed by atoms with Gasteiger partial charge >= 0.3 is 0 Å². The van der Waals surface area contributed by atoms with Crippen LogP contribution in [0.3, 0.4) is 0 Å². The molecule has 17 heavy (non-hydrogen) atoms. The fourth-order valence-corrected chi connectivity index (χ4v) is 3.52. The van der Waals surface area contributed by atoms with Gasteiger partial charge in [-0.2, -0.15) is 0 Å². The van der Waals surface area contributed by atoms with Crippen molar-refractivity contribution in [1.29, 1.82) is 0 Å². The number of carbonyl (C=O) groups is 1. The topological polar surface area (TPSA) is 32.3 Å². The van der Waals surface area contributed by atoms with Crippen molar-refractivity contribution in [1.82, 2.24) is 10.2 Å². The van der Waals surface area contributed by atoms with Crippen LogP contribution in [0, 0.1) is 0 Å². The van der Waals surface area contributed by atoms with Crippen LogP contribution in [0.2, 0.25) is 0 Å². The quantitative estimate of drug-likeness (QED) is 0.798. The zero-order chi connectivity index (χ0) is 12.1. The number of amides is 1. The molecule has 96 valence electrons. The highest BCUT2D eigenvalue weighted by molar-refractivity contribution is 8.23. The van der Waals surface area contributed by atoms with E-state index in [2.05, 4.69) is 10.2 Å². The van der Waals surface area contributed by atoms with Crippen LogP contribution in [-0.2, 0) is 4.79 Å². The van der Waals surface area contributed by atoms with Gasteiger partial charge in [0.25, 0.3) is 0 Å². The highest BCUT2D eigenvalue weighted by Gasteiger charge is 2.19. The van der Waals surface area contributed by atoms with Crippen LogP contribution in [0.25, 0.3) is 0 Å². The van der Waals surface area contributed by atoms with Crippen LogP contribution in [0.5, 0.6) is 0 Å². The van der Waals surface area contributed by atoms with Crippen molar-refractivity contribution in [3.8, 4) is 0 Å². The van der Waals surface area contributed by atoms with Crippen LogP contribution in [0.1, 0.15) is 38.5 Å². The maximum Gasteiger partial charge on any atom is 0.230 e. The van der Waals surface area contributed by atoms with E-state index >= 15 is 0 Å². The molecule has 0 radical (unpaired) electrons. The van der Waals surface area contributed by atoms with E-state index in [1.165, 1.54) is 37.4 Å². The molecule has 0 aromatic heterocycles. The summed E-state index contributed by atoms with van der Waals surface area (Å²) in [6.07, 6.45) is 7.26. The van der Waals surface area contributed by atoms with Crippen LogP contribution in [0.4, 0.5) is 0 Å². The molecule has 5 heteroatoms. The largest absolute Gasteiger partial charge is 0.358 e. The fourth-order valence-electron chi connectivity index (χ4n) is 2.46. The minimum Gasteiger partial charge on any atom is -0.358 e. The molecule has 1 amide bonds. The van der Waals surface area contributed by atoms with E-state index in [4.69, 9.17) is 12.2 Å². The van der Waals surface area contributed by atoms with Gasteiger partial charge in [-0.1, -0.05) is 36.8 Å². The Hall–Kier alpha value is -0.290. The van der Waals surface area contributed by atoms with Crippen molar-refractivity contribution in [2.45, 2.75) is 44.6 Å². The van der Waals surface area contributed by atoms with Gasteiger partial charge in [0.1, 0.15) is 4.32 Å². The maximum atomic E-state index is 11.7. The Bertz CT molecular complexity index is 284. The van der Waals surface area contributed by atoms with E-state index in [0.717, 1.165) is 30.3 Å². The number of likely N-dealkylation sites (tertiary alicyclic amines) is 1. The fraction of sp³-hybridized carbons (Fsp3) is 0.833. The molecule has 0 aromatic carbocycles. The third kappa shape index (κ3) is 4.14. The minimum atomic E-state index is 0.142. The van der Waals surface area contributed by atoms with Crippen LogP contribution < -0.4 is 5.32 Å². The summed E-state index contributed by atoms with van der Waals surface area (Å²) in [4.78, 5) is 13.9. The third-order valence-electron chi connectivity index (χ3n) is 3.41. The first-order chi connectivity index (χ1) is 8.25. The monoisotopic (exact) mass is 272 g/mol. The summed E-state index contributed by atoms with van der Waals surface area (Å²) >= 11 is 6.83.